The first-order valence-corrected chi connectivity index (χ1v) is 9.77. The fourth-order valence-electron chi connectivity index (χ4n) is 3.26. The summed E-state index contributed by atoms with van der Waals surface area (Å²) in [6, 6.07) is 15.8. The summed E-state index contributed by atoms with van der Waals surface area (Å²) in [6.07, 6.45) is 1.56. The number of hydrogen-bond acceptors (Lipinski definition) is 4. The number of hydrogen-bond donors (Lipinski definition) is 2. The molecule has 0 saturated heterocycles. The largest absolute Gasteiger partial charge is 0.352 e. The van der Waals surface area contributed by atoms with Crippen molar-refractivity contribution in [2.75, 3.05) is 5.32 Å². The van der Waals surface area contributed by atoms with Gasteiger partial charge in [-0.05, 0) is 49.6 Å². The molecule has 6 nitrogen and oxygen atoms in total. The van der Waals surface area contributed by atoms with E-state index in [9.17, 15) is 4.79 Å². The lowest BCUT2D eigenvalue weighted by molar-refractivity contribution is 0.366. The zero-order chi connectivity index (χ0) is 20.6. The fraction of sp³-hybridized carbons (Fsp3) is 0.227. The molecule has 0 aliphatic rings. The van der Waals surface area contributed by atoms with Crippen molar-refractivity contribution < 1.29 is 0 Å². The van der Waals surface area contributed by atoms with Gasteiger partial charge in [-0.3, -0.25) is 9.78 Å². The van der Waals surface area contributed by atoms with Crippen LogP contribution in [0.15, 0.2) is 59.5 Å². The van der Waals surface area contributed by atoms with E-state index in [0.29, 0.717) is 28.5 Å². The quantitative estimate of drug-likeness (QED) is 0.509. The van der Waals surface area contributed by atoms with Crippen LogP contribution < -0.4 is 10.9 Å². The molecule has 0 atom stereocenters. The van der Waals surface area contributed by atoms with Gasteiger partial charge in [0.1, 0.15) is 5.39 Å². The van der Waals surface area contributed by atoms with E-state index < -0.39 is 0 Å². The minimum atomic E-state index is -0.277. The van der Waals surface area contributed by atoms with Crippen molar-refractivity contribution in [1.29, 1.82) is 0 Å². The Hall–Kier alpha value is -3.12. The van der Waals surface area contributed by atoms with E-state index in [1.165, 1.54) is 0 Å². The molecular formula is C22H22ClN5O. The monoisotopic (exact) mass is 407 g/mol. The van der Waals surface area contributed by atoms with E-state index in [4.69, 9.17) is 11.6 Å². The number of anilines is 1. The number of halogens is 1. The highest BCUT2D eigenvalue weighted by Crippen LogP contribution is 2.26. The summed E-state index contributed by atoms with van der Waals surface area (Å²) >= 11 is 6.02. The number of rotatable bonds is 4. The van der Waals surface area contributed by atoms with Gasteiger partial charge < -0.3 is 5.32 Å². The van der Waals surface area contributed by atoms with Crippen LogP contribution >= 0.6 is 11.6 Å². The second-order valence-corrected chi connectivity index (χ2v) is 8.33. The minimum Gasteiger partial charge on any atom is -0.352 e. The molecular weight excluding hydrogens is 386 g/mol. The summed E-state index contributed by atoms with van der Waals surface area (Å²) in [5.74, 6) is 0.416. The van der Waals surface area contributed by atoms with Crippen molar-refractivity contribution in [2.45, 2.75) is 32.9 Å². The zero-order valence-corrected chi connectivity index (χ0v) is 17.3. The van der Waals surface area contributed by atoms with Crippen molar-refractivity contribution in [3.63, 3.8) is 0 Å². The van der Waals surface area contributed by atoms with Gasteiger partial charge in [0.15, 0.2) is 5.65 Å². The number of benzene rings is 2. The first kappa shape index (κ1) is 19.2. The minimum absolute atomic E-state index is 0.209. The molecule has 29 heavy (non-hydrogen) atoms. The summed E-state index contributed by atoms with van der Waals surface area (Å²) in [4.78, 5) is 19.9. The van der Waals surface area contributed by atoms with Crippen LogP contribution in [0.5, 0.6) is 0 Å². The molecule has 4 rings (SSSR count). The maximum Gasteiger partial charge on any atom is 0.263 e. The molecule has 0 amide bonds. The number of aromatic nitrogens is 4. The van der Waals surface area contributed by atoms with Crippen molar-refractivity contribution in [3.05, 3.63) is 75.7 Å². The Morgan fingerprint density at radius 1 is 1.10 bits per heavy atom. The third-order valence-corrected chi connectivity index (χ3v) is 4.94. The molecule has 0 aliphatic heterocycles. The lowest BCUT2D eigenvalue weighted by atomic mass is 10.00. The average molecular weight is 408 g/mol. The Balaban J connectivity index is 1.66. The molecule has 0 unspecified atom stereocenters. The molecule has 148 valence electrons. The van der Waals surface area contributed by atoms with Crippen LogP contribution in [0.4, 0.5) is 5.95 Å². The Morgan fingerprint density at radius 3 is 2.55 bits per heavy atom. The van der Waals surface area contributed by atoms with Gasteiger partial charge in [-0.1, -0.05) is 48.0 Å². The summed E-state index contributed by atoms with van der Waals surface area (Å²) in [5.41, 5.74) is 3.34. The average Bonchev–Trinajstić information content (AvgIpc) is 3.12. The van der Waals surface area contributed by atoms with Crippen molar-refractivity contribution in [1.82, 2.24) is 19.7 Å². The number of H-pyrrole nitrogens is 1. The molecule has 4 aromatic rings. The first-order chi connectivity index (χ1) is 13.8. The predicted molar refractivity (Wildman–Crippen MR) is 117 cm³/mol. The fourth-order valence-corrected chi connectivity index (χ4v) is 3.38. The van der Waals surface area contributed by atoms with Gasteiger partial charge in [0.25, 0.3) is 5.56 Å². The van der Waals surface area contributed by atoms with Crippen molar-refractivity contribution >= 4 is 28.6 Å². The molecule has 0 fully saturated rings. The second kappa shape index (κ2) is 7.37. The van der Waals surface area contributed by atoms with E-state index in [1.807, 2.05) is 63.2 Å². The van der Waals surface area contributed by atoms with Gasteiger partial charge in [-0.2, -0.15) is 10.1 Å². The molecule has 0 spiro atoms. The maximum atomic E-state index is 12.5. The molecule has 0 aliphatic carbocycles. The SMILES string of the molecule is CC(C)(C)n1ncc2c(=O)[nH]c(NCc3ccccc3-c3ccc(Cl)cc3)nc21. The van der Waals surface area contributed by atoms with Crippen LogP contribution in [0.3, 0.4) is 0 Å². The number of nitrogens with one attached hydrogen (secondary N) is 2. The summed E-state index contributed by atoms with van der Waals surface area (Å²) in [7, 11) is 0. The highest BCUT2D eigenvalue weighted by molar-refractivity contribution is 6.30. The summed E-state index contributed by atoms with van der Waals surface area (Å²) < 4.78 is 1.77. The molecule has 2 N–H and O–H groups in total. The smallest absolute Gasteiger partial charge is 0.263 e. The summed E-state index contributed by atoms with van der Waals surface area (Å²) in [5, 5.41) is 8.78. The lowest BCUT2D eigenvalue weighted by Crippen LogP contribution is -2.24. The van der Waals surface area contributed by atoms with Crippen LogP contribution in [0.2, 0.25) is 5.02 Å². The van der Waals surface area contributed by atoms with Crippen LogP contribution in [0, 0.1) is 0 Å². The standard InChI is InChI=1S/C22H22ClN5O/c1-22(2,3)28-19-18(13-25-28)20(29)27-21(26-19)24-12-15-6-4-5-7-17(15)14-8-10-16(23)11-9-14/h4-11,13H,12H2,1-3H3,(H2,24,26,27,29). The van der Waals surface area contributed by atoms with E-state index in [1.54, 1.807) is 10.9 Å². The van der Waals surface area contributed by atoms with Crippen molar-refractivity contribution in [2.24, 2.45) is 0 Å². The molecule has 2 aromatic heterocycles. The van der Waals surface area contributed by atoms with E-state index >= 15 is 0 Å². The van der Waals surface area contributed by atoms with Gasteiger partial charge in [-0.15, -0.1) is 0 Å². The van der Waals surface area contributed by atoms with Gasteiger partial charge >= 0.3 is 0 Å². The highest BCUT2D eigenvalue weighted by Gasteiger charge is 2.20. The third kappa shape index (κ3) is 3.89. The van der Waals surface area contributed by atoms with E-state index in [-0.39, 0.29) is 11.1 Å². The zero-order valence-electron chi connectivity index (χ0n) is 16.5. The maximum absolute atomic E-state index is 12.5. The Morgan fingerprint density at radius 2 is 1.83 bits per heavy atom. The van der Waals surface area contributed by atoms with Crippen LogP contribution in [-0.4, -0.2) is 19.7 Å². The molecule has 7 heteroatoms. The number of nitrogens with zero attached hydrogens (tertiary/aromatic N) is 3. The highest BCUT2D eigenvalue weighted by atomic mass is 35.5. The van der Waals surface area contributed by atoms with Gasteiger partial charge in [0.2, 0.25) is 5.95 Å². The van der Waals surface area contributed by atoms with Gasteiger partial charge in [-0.25, -0.2) is 4.68 Å². The van der Waals surface area contributed by atoms with Crippen LogP contribution in [0.1, 0.15) is 26.3 Å². The Kier molecular flexibility index (Phi) is 4.88. The molecule has 0 saturated carbocycles. The Labute approximate surface area is 173 Å². The van der Waals surface area contributed by atoms with Crippen LogP contribution in [0.25, 0.3) is 22.2 Å². The third-order valence-electron chi connectivity index (χ3n) is 4.69. The molecule has 0 radical (unpaired) electrons. The second-order valence-electron chi connectivity index (χ2n) is 7.90. The predicted octanol–water partition coefficient (Wildman–Crippen LogP) is 4.81. The van der Waals surface area contributed by atoms with E-state index in [2.05, 4.69) is 26.4 Å². The van der Waals surface area contributed by atoms with Gasteiger partial charge in [0.05, 0.1) is 11.7 Å². The number of aromatic amines is 1. The molecule has 0 bridgehead atoms. The molecule has 2 aromatic carbocycles. The normalized spacial score (nSPS) is 11.7. The first-order valence-electron chi connectivity index (χ1n) is 9.39. The van der Waals surface area contributed by atoms with Gasteiger partial charge in [0, 0.05) is 11.6 Å². The van der Waals surface area contributed by atoms with Crippen LogP contribution in [-0.2, 0) is 12.1 Å². The van der Waals surface area contributed by atoms with Crippen molar-refractivity contribution in [3.8, 4) is 11.1 Å². The Bertz CT molecular complexity index is 1220. The molecule has 2 heterocycles. The summed E-state index contributed by atoms with van der Waals surface area (Å²) in [6.45, 7) is 6.59. The number of fused-ring (bicyclic) bond motifs is 1. The topological polar surface area (TPSA) is 75.6 Å². The lowest BCUT2D eigenvalue weighted by Gasteiger charge is -2.19. The van der Waals surface area contributed by atoms with E-state index in [0.717, 1.165) is 16.7 Å².